The van der Waals surface area contributed by atoms with Gasteiger partial charge in [0, 0.05) is 0 Å². The number of hydrogen-bond donors (Lipinski definition) is 0. The second-order valence-corrected chi connectivity index (χ2v) is 6.21. The molecule has 4 aromatic carbocycles. The van der Waals surface area contributed by atoms with Gasteiger partial charge in [0.25, 0.3) is 0 Å². The molecule has 0 bridgehead atoms. The molecule has 0 aliphatic heterocycles. The molecule has 0 spiro atoms. The molecule has 22 heavy (non-hydrogen) atoms. The number of rotatable bonds is 0. The normalized spacial score (nSPS) is 13.8. The summed E-state index contributed by atoms with van der Waals surface area (Å²) in [6.45, 7) is 0. The molecule has 0 saturated carbocycles. The van der Waals surface area contributed by atoms with Crippen LogP contribution in [-0.2, 0) is 0 Å². The summed E-state index contributed by atoms with van der Waals surface area (Å²) in [5.74, 6) is 0. The maximum Gasteiger partial charge on any atom is -0.0171 e. The first-order chi connectivity index (χ1) is 10.9. The van der Waals surface area contributed by atoms with E-state index >= 15 is 0 Å². The average Bonchev–Trinajstić information content (AvgIpc) is 2.91. The summed E-state index contributed by atoms with van der Waals surface area (Å²) in [7, 11) is 0. The highest BCUT2D eigenvalue weighted by molar-refractivity contribution is 6.04. The first-order valence-electron chi connectivity index (χ1n) is 7.94. The Bertz CT molecular complexity index is 1160. The summed E-state index contributed by atoms with van der Waals surface area (Å²) in [5, 5.41) is 10.7. The van der Waals surface area contributed by atoms with Crippen LogP contribution in [0.2, 0.25) is 0 Å². The van der Waals surface area contributed by atoms with Gasteiger partial charge in [-0.1, -0.05) is 42.5 Å². The minimum atomic E-state index is 1.15. The smallest absolute Gasteiger partial charge is 0.0171 e. The van der Waals surface area contributed by atoms with Crippen LogP contribution in [0.25, 0.3) is 44.5 Å². The topological polar surface area (TPSA) is 0 Å². The lowest BCUT2D eigenvalue weighted by atomic mass is 10.0. The zero-order valence-corrected chi connectivity index (χ0v) is 12.3. The molecule has 0 fully saturated rings. The summed E-state index contributed by atoms with van der Waals surface area (Å²) < 4.78 is 0. The fourth-order valence-corrected chi connectivity index (χ4v) is 3.60. The van der Waals surface area contributed by atoms with E-state index in [0.29, 0.717) is 0 Å². The highest BCUT2D eigenvalue weighted by Crippen LogP contribution is 2.27. The first-order valence-corrected chi connectivity index (χ1v) is 7.94. The Morgan fingerprint density at radius 1 is 0.455 bits per heavy atom. The summed E-state index contributed by atoms with van der Waals surface area (Å²) in [4.78, 5) is 0. The predicted octanol–water partition coefficient (Wildman–Crippen LogP) is 4.50. The third-order valence-electron chi connectivity index (χ3n) is 4.78. The molecule has 0 atom stereocenters. The standard InChI is InChI=1S/C22H16/c1-2-5-16-10-20-14-22-12-18-7-3-6-17(18)11-21(22)13-19(20)9-8-15(16)4-1/h3-14H,1-2H2. The van der Waals surface area contributed by atoms with Crippen molar-refractivity contribution in [3.05, 3.63) is 71.1 Å². The van der Waals surface area contributed by atoms with Gasteiger partial charge in [-0.05, 0) is 85.9 Å². The molecule has 0 aromatic heterocycles. The largest absolute Gasteiger partial charge is 0.0764 e. The quantitative estimate of drug-likeness (QED) is 0.445. The van der Waals surface area contributed by atoms with Gasteiger partial charge in [-0.2, -0.15) is 0 Å². The Hall–Kier alpha value is -2.60. The SMILES string of the molecule is C1=c2ccc3cc4cc5cccc5cc4cc3cc2=CCC1. The van der Waals surface area contributed by atoms with Crippen molar-refractivity contribution < 1.29 is 0 Å². The summed E-state index contributed by atoms with van der Waals surface area (Å²) in [6, 6.07) is 22.6. The van der Waals surface area contributed by atoms with Crippen LogP contribution in [0, 0.1) is 0 Å². The van der Waals surface area contributed by atoms with E-state index in [1.165, 1.54) is 42.8 Å². The molecule has 1 aliphatic rings. The van der Waals surface area contributed by atoms with Crippen LogP contribution in [-0.4, -0.2) is 0 Å². The van der Waals surface area contributed by atoms with Crippen molar-refractivity contribution >= 4 is 44.5 Å². The zero-order chi connectivity index (χ0) is 14.5. The van der Waals surface area contributed by atoms with Gasteiger partial charge in [0.2, 0.25) is 0 Å². The summed E-state index contributed by atoms with van der Waals surface area (Å²) in [6.07, 6.45) is 7.02. The average molecular weight is 280 g/mol. The zero-order valence-electron chi connectivity index (χ0n) is 12.3. The lowest BCUT2D eigenvalue weighted by Gasteiger charge is -2.01. The Morgan fingerprint density at radius 2 is 1.00 bits per heavy atom. The van der Waals surface area contributed by atoms with Crippen molar-refractivity contribution in [1.29, 1.82) is 0 Å². The predicted molar refractivity (Wildman–Crippen MR) is 96.4 cm³/mol. The van der Waals surface area contributed by atoms with Gasteiger partial charge in [-0.15, -0.1) is 0 Å². The van der Waals surface area contributed by atoms with Crippen LogP contribution in [0.5, 0.6) is 0 Å². The van der Waals surface area contributed by atoms with Gasteiger partial charge >= 0.3 is 0 Å². The minimum absolute atomic E-state index is 1.15. The Morgan fingerprint density at radius 3 is 1.73 bits per heavy atom. The van der Waals surface area contributed by atoms with Gasteiger partial charge in [0.1, 0.15) is 0 Å². The lowest BCUT2D eigenvalue weighted by Crippen LogP contribution is -2.23. The van der Waals surface area contributed by atoms with E-state index in [9.17, 15) is 0 Å². The van der Waals surface area contributed by atoms with E-state index in [-0.39, 0.29) is 0 Å². The fraction of sp³-hybridized carbons (Fsp3) is 0.0909. The molecule has 0 heteroatoms. The van der Waals surface area contributed by atoms with Crippen molar-refractivity contribution in [3.63, 3.8) is 0 Å². The van der Waals surface area contributed by atoms with Crippen molar-refractivity contribution in [2.24, 2.45) is 0 Å². The molecule has 0 saturated heterocycles. The third-order valence-corrected chi connectivity index (χ3v) is 4.78. The number of benzene rings is 2. The van der Waals surface area contributed by atoms with Gasteiger partial charge in [0.15, 0.2) is 0 Å². The molecular formula is C22H16. The van der Waals surface area contributed by atoms with Crippen molar-refractivity contribution in [2.45, 2.75) is 12.8 Å². The molecule has 1 aliphatic carbocycles. The second-order valence-electron chi connectivity index (χ2n) is 6.21. The Kier molecular flexibility index (Phi) is 2.42. The van der Waals surface area contributed by atoms with Gasteiger partial charge < -0.3 is 0 Å². The van der Waals surface area contributed by atoms with Crippen LogP contribution in [0.4, 0.5) is 0 Å². The third kappa shape index (κ3) is 1.77. The minimum Gasteiger partial charge on any atom is -0.0764 e. The van der Waals surface area contributed by atoms with Gasteiger partial charge in [0.05, 0.1) is 0 Å². The summed E-state index contributed by atoms with van der Waals surface area (Å²) >= 11 is 0. The maximum absolute atomic E-state index is 2.36. The molecule has 0 nitrogen and oxygen atoms in total. The molecular weight excluding hydrogens is 264 g/mol. The molecule has 0 radical (unpaired) electrons. The van der Waals surface area contributed by atoms with E-state index in [1.54, 1.807) is 0 Å². The van der Waals surface area contributed by atoms with Crippen LogP contribution < -0.4 is 10.4 Å². The molecule has 104 valence electrons. The first kappa shape index (κ1) is 12.0. The summed E-state index contributed by atoms with van der Waals surface area (Å²) in [5.41, 5.74) is 0. The van der Waals surface area contributed by atoms with Crippen molar-refractivity contribution in [2.75, 3.05) is 0 Å². The second kappa shape index (κ2) is 4.45. The Labute approximate surface area is 129 Å². The van der Waals surface area contributed by atoms with Crippen LogP contribution in [0.15, 0.2) is 60.7 Å². The molecule has 0 unspecified atom stereocenters. The fourth-order valence-electron chi connectivity index (χ4n) is 3.60. The lowest BCUT2D eigenvalue weighted by molar-refractivity contribution is 1.12. The molecule has 5 rings (SSSR count). The van der Waals surface area contributed by atoms with Crippen molar-refractivity contribution in [1.82, 2.24) is 0 Å². The van der Waals surface area contributed by atoms with E-state index in [1.807, 2.05) is 0 Å². The van der Waals surface area contributed by atoms with Crippen molar-refractivity contribution in [3.8, 4) is 0 Å². The maximum atomic E-state index is 2.36. The monoisotopic (exact) mass is 280 g/mol. The van der Waals surface area contributed by atoms with Gasteiger partial charge in [-0.3, -0.25) is 0 Å². The van der Waals surface area contributed by atoms with E-state index in [2.05, 4.69) is 72.8 Å². The van der Waals surface area contributed by atoms with E-state index in [4.69, 9.17) is 0 Å². The highest BCUT2D eigenvalue weighted by atomic mass is 14.1. The van der Waals surface area contributed by atoms with Crippen LogP contribution in [0.1, 0.15) is 12.8 Å². The highest BCUT2D eigenvalue weighted by Gasteiger charge is 2.02. The molecule has 0 N–H and O–H groups in total. The molecule has 0 heterocycles. The Balaban J connectivity index is 1.96. The van der Waals surface area contributed by atoms with Gasteiger partial charge in [-0.25, -0.2) is 0 Å². The number of fused-ring (bicyclic) bond motifs is 4. The van der Waals surface area contributed by atoms with E-state index < -0.39 is 0 Å². The number of hydrogen-bond acceptors (Lipinski definition) is 0. The van der Waals surface area contributed by atoms with E-state index in [0.717, 1.165) is 12.8 Å². The van der Waals surface area contributed by atoms with Crippen LogP contribution in [0.3, 0.4) is 0 Å². The molecule has 4 aromatic rings. The van der Waals surface area contributed by atoms with Crippen LogP contribution >= 0.6 is 0 Å². The molecule has 0 amide bonds.